The predicted octanol–water partition coefficient (Wildman–Crippen LogP) is 1.67. The van der Waals surface area contributed by atoms with Gasteiger partial charge in [-0.3, -0.25) is 9.59 Å². The molecule has 1 aliphatic heterocycles. The first-order valence-corrected chi connectivity index (χ1v) is 6.58. The summed E-state index contributed by atoms with van der Waals surface area (Å²) in [7, 11) is 0. The van der Waals surface area contributed by atoms with Gasteiger partial charge >= 0.3 is 5.97 Å². The number of rotatable bonds is 4. The maximum Gasteiger partial charge on any atom is 0.309 e. The molecule has 1 aliphatic rings. The van der Waals surface area contributed by atoms with E-state index in [4.69, 9.17) is 4.74 Å². The highest BCUT2D eigenvalue weighted by atomic mass is 16.5. The highest BCUT2D eigenvalue weighted by Gasteiger charge is 2.26. The third-order valence-corrected chi connectivity index (χ3v) is 3.32. The molecule has 1 aromatic heterocycles. The van der Waals surface area contributed by atoms with E-state index in [1.165, 1.54) is 0 Å². The summed E-state index contributed by atoms with van der Waals surface area (Å²) in [5.74, 6) is 0.689. The van der Waals surface area contributed by atoms with E-state index < -0.39 is 0 Å². The van der Waals surface area contributed by atoms with Crippen molar-refractivity contribution < 1.29 is 14.3 Å². The van der Waals surface area contributed by atoms with Crippen LogP contribution in [0.5, 0.6) is 0 Å². The summed E-state index contributed by atoms with van der Waals surface area (Å²) >= 11 is 0. The first-order valence-electron chi connectivity index (χ1n) is 6.58. The van der Waals surface area contributed by atoms with Crippen LogP contribution < -0.4 is 4.90 Å². The Labute approximate surface area is 112 Å². The van der Waals surface area contributed by atoms with Crippen LogP contribution in [0.1, 0.15) is 30.3 Å². The van der Waals surface area contributed by atoms with Crippen LogP contribution in [-0.4, -0.2) is 36.9 Å². The van der Waals surface area contributed by atoms with Crippen LogP contribution >= 0.6 is 0 Å². The number of nitrogens with zero attached hydrogens (tertiary/aromatic N) is 2. The third-order valence-electron chi connectivity index (χ3n) is 3.32. The number of aldehydes is 1. The monoisotopic (exact) mass is 262 g/mol. The van der Waals surface area contributed by atoms with Crippen LogP contribution in [0.15, 0.2) is 18.2 Å². The second-order valence-electron chi connectivity index (χ2n) is 4.55. The number of hydrogen-bond acceptors (Lipinski definition) is 5. The molecule has 1 fully saturated rings. The summed E-state index contributed by atoms with van der Waals surface area (Å²) in [6, 6.07) is 5.39. The smallest absolute Gasteiger partial charge is 0.309 e. The fourth-order valence-corrected chi connectivity index (χ4v) is 2.29. The molecule has 1 aromatic rings. The van der Waals surface area contributed by atoms with Crippen molar-refractivity contribution in [2.45, 2.75) is 19.8 Å². The molecule has 0 N–H and O–H groups in total. The first kappa shape index (κ1) is 13.5. The average molecular weight is 262 g/mol. The minimum absolute atomic E-state index is 0.00884. The standard InChI is InChI=1S/C14H18N2O3/c1-2-19-14(18)11-6-8-16(9-7-11)13-5-3-4-12(10-17)15-13/h3-5,10-11H,2,6-9H2,1H3. The Bertz CT molecular complexity index is 454. The normalized spacial score (nSPS) is 16.2. The van der Waals surface area contributed by atoms with Gasteiger partial charge in [-0.25, -0.2) is 4.98 Å². The van der Waals surface area contributed by atoms with Gasteiger partial charge in [0.2, 0.25) is 0 Å². The second kappa shape index (κ2) is 6.31. The summed E-state index contributed by atoms with van der Waals surface area (Å²) in [5, 5.41) is 0. The quantitative estimate of drug-likeness (QED) is 0.610. The molecule has 0 saturated carbocycles. The van der Waals surface area contributed by atoms with Crippen molar-refractivity contribution in [3.63, 3.8) is 0 Å². The molecule has 2 rings (SSSR count). The molecule has 102 valence electrons. The summed E-state index contributed by atoms with van der Waals surface area (Å²) in [4.78, 5) is 28.7. The topological polar surface area (TPSA) is 59.5 Å². The molecule has 0 atom stereocenters. The summed E-state index contributed by atoms with van der Waals surface area (Å²) < 4.78 is 5.04. The zero-order valence-electron chi connectivity index (χ0n) is 11.0. The van der Waals surface area contributed by atoms with E-state index in [1.807, 2.05) is 19.1 Å². The van der Waals surface area contributed by atoms with Crippen LogP contribution in [0, 0.1) is 5.92 Å². The van der Waals surface area contributed by atoms with Gasteiger partial charge in [-0.05, 0) is 31.9 Å². The van der Waals surface area contributed by atoms with E-state index in [0.29, 0.717) is 12.3 Å². The Morgan fingerprint density at radius 1 is 1.47 bits per heavy atom. The molecule has 2 heterocycles. The van der Waals surface area contributed by atoms with Crippen molar-refractivity contribution in [1.29, 1.82) is 0 Å². The van der Waals surface area contributed by atoms with E-state index >= 15 is 0 Å². The Kier molecular flexibility index (Phi) is 4.49. The molecule has 0 amide bonds. The van der Waals surface area contributed by atoms with Crippen molar-refractivity contribution in [2.75, 3.05) is 24.6 Å². The van der Waals surface area contributed by atoms with Crippen molar-refractivity contribution in [2.24, 2.45) is 5.92 Å². The van der Waals surface area contributed by atoms with Gasteiger partial charge in [-0.2, -0.15) is 0 Å². The van der Waals surface area contributed by atoms with Gasteiger partial charge in [0.05, 0.1) is 12.5 Å². The molecule has 0 unspecified atom stereocenters. The van der Waals surface area contributed by atoms with Crippen molar-refractivity contribution in [3.05, 3.63) is 23.9 Å². The zero-order chi connectivity index (χ0) is 13.7. The average Bonchev–Trinajstić information content (AvgIpc) is 2.48. The van der Waals surface area contributed by atoms with E-state index in [0.717, 1.165) is 38.0 Å². The highest BCUT2D eigenvalue weighted by Crippen LogP contribution is 2.22. The largest absolute Gasteiger partial charge is 0.466 e. The van der Waals surface area contributed by atoms with Crippen LogP contribution in [0.3, 0.4) is 0 Å². The van der Waals surface area contributed by atoms with Crippen molar-refractivity contribution >= 4 is 18.1 Å². The lowest BCUT2D eigenvalue weighted by molar-refractivity contribution is -0.148. The first-order chi connectivity index (χ1) is 9.24. The Balaban J connectivity index is 1.95. The number of carbonyl (C=O) groups is 2. The lowest BCUT2D eigenvalue weighted by atomic mass is 9.97. The van der Waals surface area contributed by atoms with E-state index in [9.17, 15) is 9.59 Å². The molecule has 1 saturated heterocycles. The maximum atomic E-state index is 11.6. The Hall–Kier alpha value is -1.91. The number of piperidine rings is 1. The van der Waals surface area contributed by atoms with Crippen LogP contribution in [0.2, 0.25) is 0 Å². The highest BCUT2D eigenvalue weighted by molar-refractivity contribution is 5.73. The summed E-state index contributed by atoms with van der Waals surface area (Å²) in [6.07, 6.45) is 2.28. The predicted molar refractivity (Wildman–Crippen MR) is 71.2 cm³/mol. The van der Waals surface area contributed by atoms with Gasteiger partial charge < -0.3 is 9.64 Å². The van der Waals surface area contributed by atoms with E-state index in [1.54, 1.807) is 6.07 Å². The van der Waals surface area contributed by atoms with Crippen LogP contribution in [-0.2, 0) is 9.53 Å². The van der Waals surface area contributed by atoms with Gasteiger partial charge in [-0.15, -0.1) is 0 Å². The second-order valence-corrected chi connectivity index (χ2v) is 4.55. The Morgan fingerprint density at radius 3 is 2.84 bits per heavy atom. The molecule has 0 aromatic carbocycles. The van der Waals surface area contributed by atoms with Gasteiger partial charge in [0, 0.05) is 13.1 Å². The third kappa shape index (κ3) is 3.30. The van der Waals surface area contributed by atoms with Crippen LogP contribution in [0.25, 0.3) is 0 Å². The van der Waals surface area contributed by atoms with E-state index in [-0.39, 0.29) is 11.9 Å². The molecule has 0 bridgehead atoms. The zero-order valence-corrected chi connectivity index (χ0v) is 11.0. The van der Waals surface area contributed by atoms with Gasteiger partial charge in [0.1, 0.15) is 11.5 Å². The van der Waals surface area contributed by atoms with Crippen LogP contribution in [0.4, 0.5) is 5.82 Å². The number of aromatic nitrogens is 1. The molecule has 0 aliphatic carbocycles. The molecule has 0 spiro atoms. The van der Waals surface area contributed by atoms with E-state index in [2.05, 4.69) is 9.88 Å². The van der Waals surface area contributed by atoms with Gasteiger partial charge in [0.15, 0.2) is 6.29 Å². The molecule has 5 heteroatoms. The fraction of sp³-hybridized carbons (Fsp3) is 0.500. The number of pyridine rings is 1. The summed E-state index contributed by atoms with van der Waals surface area (Å²) in [5.41, 5.74) is 0.435. The number of carbonyl (C=O) groups excluding carboxylic acids is 2. The number of ether oxygens (including phenoxy) is 1. The minimum atomic E-state index is -0.100. The molecule has 5 nitrogen and oxygen atoms in total. The minimum Gasteiger partial charge on any atom is -0.466 e. The lowest BCUT2D eigenvalue weighted by Gasteiger charge is -2.31. The maximum absolute atomic E-state index is 11.6. The SMILES string of the molecule is CCOC(=O)C1CCN(c2cccc(C=O)n2)CC1. The molecule has 19 heavy (non-hydrogen) atoms. The number of esters is 1. The van der Waals surface area contributed by atoms with Gasteiger partial charge in [-0.1, -0.05) is 6.07 Å². The molecular weight excluding hydrogens is 244 g/mol. The number of anilines is 1. The summed E-state index contributed by atoms with van der Waals surface area (Å²) in [6.45, 7) is 3.78. The van der Waals surface area contributed by atoms with Gasteiger partial charge in [0.25, 0.3) is 0 Å². The van der Waals surface area contributed by atoms with Crippen molar-refractivity contribution in [3.8, 4) is 0 Å². The number of hydrogen-bond donors (Lipinski definition) is 0. The van der Waals surface area contributed by atoms with Crippen molar-refractivity contribution in [1.82, 2.24) is 4.98 Å². The molecule has 0 radical (unpaired) electrons. The Morgan fingerprint density at radius 2 is 2.21 bits per heavy atom. The lowest BCUT2D eigenvalue weighted by Crippen LogP contribution is -2.37. The molecular formula is C14H18N2O3. The fourth-order valence-electron chi connectivity index (χ4n) is 2.29.